The molecule has 78 valence electrons. The van der Waals surface area contributed by atoms with Crippen molar-refractivity contribution in [2.45, 2.75) is 19.4 Å². The molecular formula is C8H15ClO4. The van der Waals surface area contributed by atoms with Gasteiger partial charge in [0.05, 0.1) is 19.1 Å². The first-order valence-electron chi connectivity index (χ1n) is 4.06. The lowest BCUT2D eigenvalue weighted by Gasteiger charge is -2.13. The third-order valence-corrected chi connectivity index (χ3v) is 1.64. The zero-order chi connectivity index (χ0) is 10.1. The number of halogens is 1. The fourth-order valence-corrected chi connectivity index (χ4v) is 0.926. The largest absolute Gasteiger partial charge is 0.466 e. The van der Waals surface area contributed by atoms with Crippen LogP contribution in [0.1, 0.15) is 13.3 Å². The quantitative estimate of drug-likeness (QED) is 0.360. The Kier molecular flexibility index (Phi) is 8.08. The molecule has 0 saturated heterocycles. The van der Waals surface area contributed by atoms with Gasteiger partial charge in [0.15, 0.2) is 0 Å². The second-order valence-electron chi connectivity index (χ2n) is 2.36. The van der Waals surface area contributed by atoms with E-state index in [1.165, 1.54) is 7.11 Å². The van der Waals surface area contributed by atoms with Gasteiger partial charge in [-0.15, -0.1) is 11.6 Å². The Morgan fingerprint density at radius 3 is 2.69 bits per heavy atom. The second-order valence-corrected chi connectivity index (χ2v) is 2.67. The number of carbonyl (C=O) groups is 1. The van der Waals surface area contributed by atoms with Crippen molar-refractivity contribution in [2.75, 3.05) is 26.4 Å². The van der Waals surface area contributed by atoms with Crippen molar-refractivity contribution in [1.29, 1.82) is 0 Å². The molecule has 0 aromatic rings. The molecule has 0 heterocycles. The van der Waals surface area contributed by atoms with Crippen molar-refractivity contribution >= 4 is 17.6 Å². The normalized spacial score (nSPS) is 12.5. The summed E-state index contributed by atoms with van der Waals surface area (Å²) in [5.41, 5.74) is 0. The Hall–Kier alpha value is -0.320. The van der Waals surface area contributed by atoms with Crippen molar-refractivity contribution in [3.05, 3.63) is 0 Å². The number of alkyl halides is 1. The first-order valence-corrected chi connectivity index (χ1v) is 4.60. The maximum Gasteiger partial charge on any atom is 0.308 e. The first kappa shape index (κ1) is 12.7. The molecule has 0 N–H and O–H groups in total. The lowest BCUT2D eigenvalue weighted by Crippen LogP contribution is -2.22. The number of rotatable bonds is 7. The Balaban J connectivity index is 3.62. The SMILES string of the molecule is CCOC(=O)C[C@@H](CCl)OCOC. The first-order chi connectivity index (χ1) is 6.24. The topological polar surface area (TPSA) is 44.8 Å². The van der Waals surface area contributed by atoms with E-state index in [0.29, 0.717) is 6.61 Å². The van der Waals surface area contributed by atoms with Gasteiger partial charge in [-0.3, -0.25) is 4.79 Å². The van der Waals surface area contributed by atoms with E-state index in [0.717, 1.165) is 0 Å². The lowest BCUT2D eigenvalue weighted by atomic mass is 10.3. The smallest absolute Gasteiger partial charge is 0.308 e. The molecule has 0 bridgehead atoms. The number of carbonyl (C=O) groups excluding carboxylic acids is 1. The highest BCUT2D eigenvalue weighted by atomic mass is 35.5. The molecule has 0 aromatic carbocycles. The highest BCUT2D eigenvalue weighted by Gasteiger charge is 2.13. The Labute approximate surface area is 83.1 Å². The molecule has 0 rings (SSSR count). The van der Waals surface area contributed by atoms with Crippen LogP contribution in [0.3, 0.4) is 0 Å². The summed E-state index contributed by atoms with van der Waals surface area (Å²) in [7, 11) is 1.51. The van der Waals surface area contributed by atoms with Gasteiger partial charge >= 0.3 is 5.97 Å². The molecule has 4 nitrogen and oxygen atoms in total. The standard InChI is InChI=1S/C8H15ClO4/c1-3-12-8(10)4-7(5-9)13-6-11-2/h7H,3-6H2,1-2H3/t7-/m0/s1. The third-order valence-electron chi connectivity index (χ3n) is 1.29. The minimum atomic E-state index is -0.333. The second kappa shape index (κ2) is 8.29. The Morgan fingerprint density at radius 2 is 2.23 bits per heavy atom. The van der Waals surface area contributed by atoms with Gasteiger partial charge in [-0.2, -0.15) is 0 Å². The zero-order valence-electron chi connectivity index (χ0n) is 7.92. The van der Waals surface area contributed by atoms with E-state index in [2.05, 4.69) is 4.74 Å². The average Bonchev–Trinajstić information content (AvgIpc) is 2.12. The predicted octanol–water partition coefficient (Wildman–Crippen LogP) is 1.17. The minimum absolute atomic E-state index is 0.136. The van der Waals surface area contributed by atoms with Crippen LogP contribution >= 0.6 is 11.6 Å². The maximum absolute atomic E-state index is 11.0. The number of esters is 1. The summed E-state index contributed by atoms with van der Waals surface area (Å²) in [4.78, 5) is 11.0. The van der Waals surface area contributed by atoms with E-state index in [4.69, 9.17) is 21.1 Å². The monoisotopic (exact) mass is 210 g/mol. The van der Waals surface area contributed by atoms with Crippen LogP contribution in [-0.4, -0.2) is 38.5 Å². The molecule has 13 heavy (non-hydrogen) atoms. The summed E-state index contributed by atoms with van der Waals surface area (Å²) in [5, 5.41) is 0. The maximum atomic E-state index is 11.0. The molecule has 0 aliphatic rings. The molecule has 0 spiro atoms. The molecule has 0 aromatic heterocycles. The van der Waals surface area contributed by atoms with Crippen LogP contribution in [0.5, 0.6) is 0 Å². The van der Waals surface area contributed by atoms with Crippen LogP contribution in [0.25, 0.3) is 0 Å². The van der Waals surface area contributed by atoms with Gasteiger partial charge in [-0.05, 0) is 6.92 Å². The fraction of sp³-hybridized carbons (Fsp3) is 0.875. The van der Waals surface area contributed by atoms with Gasteiger partial charge < -0.3 is 14.2 Å². The van der Waals surface area contributed by atoms with Gasteiger partial charge in [0.1, 0.15) is 6.79 Å². The molecule has 0 radical (unpaired) electrons. The summed E-state index contributed by atoms with van der Waals surface area (Å²) in [6.07, 6.45) is -0.165. The van der Waals surface area contributed by atoms with E-state index in [-0.39, 0.29) is 31.2 Å². The molecule has 0 amide bonds. The van der Waals surface area contributed by atoms with Crippen molar-refractivity contribution in [3.8, 4) is 0 Å². The van der Waals surface area contributed by atoms with E-state index in [9.17, 15) is 4.79 Å². The average molecular weight is 211 g/mol. The van der Waals surface area contributed by atoms with E-state index in [1.807, 2.05) is 0 Å². The van der Waals surface area contributed by atoms with Gasteiger partial charge in [-0.1, -0.05) is 0 Å². The number of hydrogen-bond acceptors (Lipinski definition) is 4. The van der Waals surface area contributed by atoms with Crippen LogP contribution in [-0.2, 0) is 19.0 Å². The molecule has 0 fully saturated rings. The molecular weight excluding hydrogens is 196 g/mol. The molecule has 0 unspecified atom stereocenters. The van der Waals surface area contributed by atoms with Crippen LogP contribution < -0.4 is 0 Å². The van der Waals surface area contributed by atoms with Gasteiger partial charge in [0, 0.05) is 13.0 Å². The van der Waals surface area contributed by atoms with Gasteiger partial charge in [0.2, 0.25) is 0 Å². The van der Waals surface area contributed by atoms with Crippen LogP contribution in [0, 0.1) is 0 Å². The van der Waals surface area contributed by atoms with Crippen LogP contribution in [0.4, 0.5) is 0 Å². The summed E-state index contributed by atoms with van der Waals surface area (Å²) in [6.45, 7) is 2.26. The Bertz CT molecular complexity index is 140. The van der Waals surface area contributed by atoms with Gasteiger partial charge in [-0.25, -0.2) is 0 Å². The summed E-state index contributed by atoms with van der Waals surface area (Å²) in [5.74, 6) is -0.0495. The van der Waals surface area contributed by atoms with Crippen molar-refractivity contribution in [3.63, 3.8) is 0 Å². The number of ether oxygens (including phenoxy) is 3. The summed E-state index contributed by atoms with van der Waals surface area (Å²) < 4.78 is 14.5. The minimum Gasteiger partial charge on any atom is -0.466 e. The number of methoxy groups -OCH3 is 1. The van der Waals surface area contributed by atoms with Crippen molar-refractivity contribution in [1.82, 2.24) is 0 Å². The Morgan fingerprint density at radius 1 is 1.54 bits per heavy atom. The number of hydrogen-bond donors (Lipinski definition) is 0. The summed E-state index contributed by atoms with van der Waals surface area (Å²) >= 11 is 5.56. The fourth-order valence-electron chi connectivity index (χ4n) is 0.728. The highest BCUT2D eigenvalue weighted by molar-refractivity contribution is 6.18. The van der Waals surface area contributed by atoms with E-state index in [1.54, 1.807) is 6.92 Å². The zero-order valence-corrected chi connectivity index (χ0v) is 8.67. The molecule has 5 heteroatoms. The third kappa shape index (κ3) is 6.81. The molecule has 1 atom stereocenters. The van der Waals surface area contributed by atoms with E-state index >= 15 is 0 Å². The predicted molar refractivity (Wildman–Crippen MR) is 48.7 cm³/mol. The lowest BCUT2D eigenvalue weighted by molar-refractivity contribution is -0.148. The van der Waals surface area contributed by atoms with Crippen molar-refractivity contribution < 1.29 is 19.0 Å². The molecule has 0 aliphatic heterocycles. The summed E-state index contributed by atoms with van der Waals surface area (Å²) in [6, 6.07) is 0. The van der Waals surface area contributed by atoms with Crippen LogP contribution in [0.2, 0.25) is 0 Å². The van der Waals surface area contributed by atoms with E-state index < -0.39 is 0 Å². The molecule has 0 aliphatic carbocycles. The molecule has 0 saturated carbocycles. The van der Waals surface area contributed by atoms with Gasteiger partial charge in [0.25, 0.3) is 0 Å². The van der Waals surface area contributed by atoms with Crippen molar-refractivity contribution in [2.24, 2.45) is 0 Å². The van der Waals surface area contributed by atoms with Crippen LogP contribution in [0.15, 0.2) is 0 Å². The highest BCUT2D eigenvalue weighted by Crippen LogP contribution is 2.03.